The van der Waals surface area contributed by atoms with Gasteiger partial charge >= 0.3 is 11.8 Å². The number of rotatable bonds is 2. The molecule has 0 aliphatic carbocycles. The molecule has 2 heterocycles. The van der Waals surface area contributed by atoms with Crippen molar-refractivity contribution in [2.24, 2.45) is 5.92 Å². The molecule has 2 atom stereocenters. The minimum absolute atomic E-state index is 0.121. The fourth-order valence-corrected chi connectivity index (χ4v) is 2.17. The predicted molar refractivity (Wildman–Crippen MR) is 55.2 cm³/mol. The maximum absolute atomic E-state index is 11.6. The van der Waals surface area contributed by atoms with Crippen molar-refractivity contribution in [1.29, 1.82) is 0 Å². The van der Waals surface area contributed by atoms with E-state index in [-0.39, 0.29) is 11.9 Å². The molecule has 5 heteroatoms. The number of amides is 2. The highest BCUT2D eigenvalue weighted by Crippen LogP contribution is 2.13. The average Bonchev–Trinajstić information content (AvgIpc) is 2.71. The predicted octanol–water partition coefficient (Wildman–Crippen LogP) is -1.06. The number of piperazine rings is 1. The zero-order valence-electron chi connectivity index (χ0n) is 8.95. The van der Waals surface area contributed by atoms with Crippen LogP contribution in [-0.4, -0.2) is 48.9 Å². The number of carbonyl (C=O) groups excluding carboxylic acids is 2. The van der Waals surface area contributed by atoms with Gasteiger partial charge in [0.1, 0.15) is 0 Å². The summed E-state index contributed by atoms with van der Waals surface area (Å²) in [6.07, 6.45) is 1.10. The molecule has 2 fully saturated rings. The molecule has 2 amide bonds. The summed E-state index contributed by atoms with van der Waals surface area (Å²) in [5.41, 5.74) is 0. The molecule has 5 nitrogen and oxygen atoms in total. The lowest BCUT2D eigenvalue weighted by atomic mass is 10.1. The Kier molecular flexibility index (Phi) is 2.90. The van der Waals surface area contributed by atoms with Crippen LogP contribution in [0.2, 0.25) is 0 Å². The van der Waals surface area contributed by atoms with Gasteiger partial charge in [0.25, 0.3) is 0 Å². The highest BCUT2D eigenvalue weighted by molar-refractivity contribution is 6.35. The smallest absolute Gasteiger partial charge is 0.312 e. The van der Waals surface area contributed by atoms with Gasteiger partial charge in [0.2, 0.25) is 0 Å². The summed E-state index contributed by atoms with van der Waals surface area (Å²) in [5.74, 6) is -0.331. The molecule has 84 valence electrons. The molecule has 2 saturated heterocycles. The molecular weight excluding hydrogens is 194 g/mol. The molecule has 15 heavy (non-hydrogen) atoms. The van der Waals surface area contributed by atoms with E-state index in [1.165, 1.54) is 0 Å². The monoisotopic (exact) mass is 211 g/mol. The van der Waals surface area contributed by atoms with Gasteiger partial charge in [0, 0.05) is 19.1 Å². The highest BCUT2D eigenvalue weighted by atomic mass is 16.2. The van der Waals surface area contributed by atoms with Crippen LogP contribution in [0.5, 0.6) is 0 Å². The van der Waals surface area contributed by atoms with Gasteiger partial charge in [0.05, 0.1) is 0 Å². The first-order valence-electron chi connectivity index (χ1n) is 5.48. The normalized spacial score (nSPS) is 31.9. The molecule has 0 aromatic carbocycles. The van der Waals surface area contributed by atoms with E-state index >= 15 is 0 Å². The number of nitrogens with zero attached hydrogens (tertiary/aromatic N) is 1. The zero-order valence-corrected chi connectivity index (χ0v) is 8.95. The van der Waals surface area contributed by atoms with Crippen molar-refractivity contribution in [1.82, 2.24) is 15.5 Å². The van der Waals surface area contributed by atoms with E-state index in [4.69, 9.17) is 0 Å². The molecule has 2 aliphatic rings. The third-order valence-electron chi connectivity index (χ3n) is 3.16. The van der Waals surface area contributed by atoms with E-state index < -0.39 is 5.91 Å². The molecule has 0 radical (unpaired) electrons. The van der Waals surface area contributed by atoms with Crippen LogP contribution in [0.15, 0.2) is 0 Å². The molecule has 0 bridgehead atoms. The molecule has 0 aromatic rings. The molecule has 2 unspecified atom stereocenters. The van der Waals surface area contributed by atoms with Crippen molar-refractivity contribution in [3.8, 4) is 0 Å². The van der Waals surface area contributed by atoms with Crippen LogP contribution in [0.3, 0.4) is 0 Å². The second-order valence-electron chi connectivity index (χ2n) is 4.38. The SMILES string of the molecule is CC1CNC(=O)C(=O)N1CC1CCNC1. The van der Waals surface area contributed by atoms with Crippen molar-refractivity contribution in [2.75, 3.05) is 26.2 Å². The zero-order chi connectivity index (χ0) is 10.8. The van der Waals surface area contributed by atoms with Gasteiger partial charge in [-0.15, -0.1) is 0 Å². The van der Waals surface area contributed by atoms with Gasteiger partial charge in [-0.1, -0.05) is 0 Å². The Morgan fingerprint density at radius 3 is 2.87 bits per heavy atom. The van der Waals surface area contributed by atoms with E-state index in [0.717, 1.165) is 19.5 Å². The first-order valence-corrected chi connectivity index (χ1v) is 5.48. The topological polar surface area (TPSA) is 61.4 Å². The molecule has 0 spiro atoms. The van der Waals surface area contributed by atoms with E-state index in [1.807, 2.05) is 6.92 Å². The Morgan fingerprint density at radius 2 is 2.20 bits per heavy atom. The van der Waals surface area contributed by atoms with Crippen molar-refractivity contribution in [3.05, 3.63) is 0 Å². The van der Waals surface area contributed by atoms with Crippen molar-refractivity contribution >= 4 is 11.8 Å². The maximum Gasteiger partial charge on any atom is 0.312 e. The lowest BCUT2D eigenvalue weighted by Gasteiger charge is -2.34. The van der Waals surface area contributed by atoms with Gasteiger partial charge in [-0.25, -0.2) is 0 Å². The minimum atomic E-state index is -0.459. The fourth-order valence-electron chi connectivity index (χ4n) is 2.17. The van der Waals surface area contributed by atoms with Crippen LogP contribution in [0.4, 0.5) is 0 Å². The number of carbonyl (C=O) groups is 2. The van der Waals surface area contributed by atoms with E-state index in [2.05, 4.69) is 10.6 Å². The molecule has 2 N–H and O–H groups in total. The van der Waals surface area contributed by atoms with E-state index in [9.17, 15) is 9.59 Å². The van der Waals surface area contributed by atoms with Gasteiger partial charge in [-0.05, 0) is 32.4 Å². The molecule has 0 saturated carbocycles. The Bertz CT molecular complexity index is 274. The first kappa shape index (κ1) is 10.4. The van der Waals surface area contributed by atoms with Crippen molar-refractivity contribution in [2.45, 2.75) is 19.4 Å². The summed E-state index contributed by atoms with van der Waals surface area (Å²) >= 11 is 0. The van der Waals surface area contributed by atoms with Gasteiger partial charge in [0.15, 0.2) is 0 Å². The van der Waals surface area contributed by atoms with Crippen LogP contribution in [0.25, 0.3) is 0 Å². The van der Waals surface area contributed by atoms with Crippen molar-refractivity contribution in [3.63, 3.8) is 0 Å². The number of nitrogens with one attached hydrogen (secondary N) is 2. The minimum Gasteiger partial charge on any atom is -0.346 e. The maximum atomic E-state index is 11.6. The second-order valence-corrected chi connectivity index (χ2v) is 4.38. The highest BCUT2D eigenvalue weighted by Gasteiger charge is 2.33. The Hall–Kier alpha value is -1.10. The molecule has 2 aliphatic heterocycles. The summed E-state index contributed by atoms with van der Waals surface area (Å²) < 4.78 is 0. The Morgan fingerprint density at radius 1 is 1.40 bits per heavy atom. The van der Waals surface area contributed by atoms with E-state index in [0.29, 0.717) is 19.0 Å². The largest absolute Gasteiger partial charge is 0.346 e. The van der Waals surface area contributed by atoms with Crippen LogP contribution in [0, 0.1) is 5.92 Å². The van der Waals surface area contributed by atoms with Gasteiger partial charge in [-0.3, -0.25) is 9.59 Å². The quantitative estimate of drug-likeness (QED) is 0.573. The third-order valence-corrected chi connectivity index (χ3v) is 3.16. The Balaban J connectivity index is 1.98. The van der Waals surface area contributed by atoms with Crippen molar-refractivity contribution < 1.29 is 9.59 Å². The Labute approximate surface area is 89.2 Å². The second kappa shape index (κ2) is 4.18. The number of hydrogen-bond acceptors (Lipinski definition) is 3. The van der Waals surface area contributed by atoms with Crippen LogP contribution in [-0.2, 0) is 9.59 Å². The van der Waals surface area contributed by atoms with Crippen LogP contribution >= 0.6 is 0 Å². The first-order chi connectivity index (χ1) is 7.18. The van der Waals surface area contributed by atoms with Gasteiger partial charge < -0.3 is 15.5 Å². The van der Waals surface area contributed by atoms with E-state index in [1.54, 1.807) is 4.90 Å². The fraction of sp³-hybridized carbons (Fsp3) is 0.800. The number of hydrogen-bond donors (Lipinski definition) is 2. The summed E-state index contributed by atoms with van der Waals surface area (Å²) in [7, 11) is 0. The summed E-state index contributed by atoms with van der Waals surface area (Å²) in [5, 5.41) is 5.85. The molecule has 2 rings (SSSR count). The van der Waals surface area contributed by atoms with Crippen LogP contribution < -0.4 is 10.6 Å². The standard InChI is InChI=1S/C10H17N3O2/c1-7-4-12-9(14)10(15)13(7)6-8-2-3-11-5-8/h7-8,11H,2-6H2,1H3,(H,12,14). The average molecular weight is 211 g/mol. The summed E-state index contributed by atoms with van der Waals surface area (Å²) in [6.45, 7) is 5.23. The summed E-state index contributed by atoms with van der Waals surface area (Å²) in [6, 6.07) is 0.121. The lowest BCUT2D eigenvalue weighted by molar-refractivity contribution is -0.150. The molecule has 0 aromatic heterocycles. The van der Waals surface area contributed by atoms with Crippen LogP contribution in [0.1, 0.15) is 13.3 Å². The third kappa shape index (κ3) is 2.12. The lowest BCUT2D eigenvalue weighted by Crippen LogP contribution is -2.58. The van der Waals surface area contributed by atoms with Gasteiger partial charge in [-0.2, -0.15) is 0 Å². The molecular formula is C10H17N3O2. The summed E-state index contributed by atoms with van der Waals surface area (Å²) in [4.78, 5) is 24.5.